The molecule has 130 valence electrons. The Hall–Kier alpha value is -2.42. The number of phenols is 1. The van der Waals surface area contributed by atoms with E-state index in [4.69, 9.17) is 9.47 Å². The average molecular weight is 336 g/mol. The number of aryl methyl sites for hydroxylation is 1. The number of fused-ring (bicyclic) bond motifs is 5. The first-order valence-electron chi connectivity index (χ1n) is 8.90. The zero-order valence-electron chi connectivity index (χ0n) is 15.0. The maximum Gasteiger partial charge on any atom is 0.131 e. The van der Waals surface area contributed by atoms with Crippen LogP contribution in [0.3, 0.4) is 0 Å². The van der Waals surface area contributed by atoms with Crippen molar-refractivity contribution in [3.8, 4) is 17.2 Å². The highest BCUT2D eigenvalue weighted by atomic mass is 16.5. The van der Waals surface area contributed by atoms with Gasteiger partial charge < -0.3 is 14.6 Å². The molecule has 0 bridgehead atoms. The third kappa shape index (κ3) is 2.68. The first-order chi connectivity index (χ1) is 12.1. The zero-order chi connectivity index (χ0) is 17.6. The Balaban J connectivity index is 1.78. The minimum atomic E-state index is 0.0388. The van der Waals surface area contributed by atoms with Gasteiger partial charge in [0.05, 0.1) is 7.11 Å². The number of benzene rings is 2. The van der Waals surface area contributed by atoms with Crippen LogP contribution in [0.15, 0.2) is 42.0 Å². The van der Waals surface area contributed by atoms with Gasteiger partial charge in [0.1, 0.15) is 23.4 Å². The SMILES string of the molecule is COc1ccc2c(c1CC=C(C)C)O[C@H]1c3ccc(O)cc3CC[C@@H]21. The lowest BCUT2D eigenvalue weighted by atomic mass is 9.79. The standard InChI is InChI=1S/C22H24O3/c1-13(2)4-7-19-20(24-3)11-10-18-17-8-5-14-12-15(23)6-9-16(14)21(17)25-22(18)19/h4,6,9-12,17,21,23H,5,7-8H2,1-3H3/t17-,21-/m0/s1. The molecule has 2 aromatic carbocycles. The predicted molar refractivity (Wildman–Crippen MR) is 98.7 cm³/mol. The molecular weight excluding hydrogens is 312 g/mol. The highest BCUT2D eigenvalue weighted by Crippen LogP contribution is 2.54. The lowest BCUT2D eigenvalue weighted by molar-refractivity contribution is 0.193. The van der Waals surface area contributed by atoms with E-state index in [1.807, 2.05) is 12.1 Å². The molecule has 1 aliphatic carbocycles. The Kier molecular flexibility index (Phi) is 3.95. The summed E-state index contributed by atoms with van der Waals surface area (Å²) in [6.07, 6.45) is 5.09. The van der Waals surface area contributed by atoms with Gasteiger partial charge in [0.15, 0.2) is 0 Å². The van der Waals surface area contributed by atoms with Gasteiger partial charge >= 0.3 is 0 Å². The minimum absolute atomic E-state index is 0.0388. The summed E-state index contributed by atoms with van der Waals surface area (Å²) in [6, 6.07) is 9.89. The molecule has 0 aromatic heterocycles. The molecule has 0 fully saturated rings. The molecule has 0 amide bonds. The monoisotopic (exact) mass is 336 g/mol. The van der Waals surface area contributed by atoms with Gasteiger partial charge in [0.2, 0.25) is 0 Å². The third-order valence-electron chi connectivity index (χ3n) is 5.35. The van der Waals surface area contributed by atoms with E-state index in [1.165, 1.54) is 22.3 Å². The van der Waals surface area contributed by atoms with E-state index >= 15 is 0 Å². The van der Waals surface area contributed by atoms with Gasteiger partial charge in [-0.3, -0.25) is 0 Å². The Morgan fingerprint density at radius 1 is 1.24 bits per heavy atom. The minimum Gasteiger partial charge on any atom is -0.508 e. The Bertz CT molecular complexity index is 847. The second-order valence-corrected chi connectivity index (χ2v) is 7.22. The molecule has 0 unspecified atom stereocenters. The van der Waals surface area contributed by atoms with Gasteiger partial charge in [-0.25, -0.2) is 0 Å². The lowest BCUT2D eigenvalue weighted by Crippen LogP contribution is -2.18. The Morgan fingerprint density at radius 3 is 2.80 bits per heavy atom. The average Bonchev–Trinajstić information content (AvgIpc) is 2.98. The molecule has 0 saturated carbocycles. The molecule has 4 rings (SSSR count). The van der Waals surface area contributed by atoms with E-state index in [-0.39, 0.29) is 6.10 Å². The van der Waals surface area contributed by atoms with Crippen LogP contribution in [0.25, 0.3) is 0 Å². The Labute approximate surface area is 148 Å². The second kappa shape index (κ2) is 6.14. The van der Waals surface area contributed by atoms with E-state index < -0.39 is 0 Å². The summed E-state index contributed by atoms with van der Waals surface area (Å²) >= 11 is 0. The van der Waals surface area contributed by atoms with Crippen LogP contribution in [0.1, 0.15) is 54.5 Å². The second-order valence-electron chi connectivity index (χ2n) is 7.22. The highest BCUT2D eigenvalue weighted by molar-refractivity contribution is 5.57. The highest BCUT2D eigenvalue weighted by Gasteiger charge is 2.40. The maximum absolute atomic E-state index is 9.77. The smallest absolute Gasteiger partial charge is 0.131 e. The number of ether oxygens (including phenoxy) is 2. The number of rotatable bonds is 3. The molecule has 1 N–H and O–H groups in total. The normalized spacial score (nSPS) is 20.1. The van der Waals surface area contributed by atoms with Crippen molar-refractivity contribution in [1.29, 1.82) is 0 Å². The molecule has 3 heteroatoms. The summed E-state index contributed by atoms with van der Waals surface area (Å²) in [6.45, 7) is 4.22. The van der Waals surface area contributed by atoms with Gasteiger partial charge in [-0.2, -0.15) is 0 Å². The van der Waals surface area contributed by atoms with Crippen molar-refractivity contribution in [3.05, 3.63) is 64.2 Å². The molecule has 0 spiro atoms. The molecule has 0 radical (unpaired) electrons. The van der Waals surface area contributed by atoms with E-state index in [2.05, 4.69) is 32.1 Å². The number of aromatic hydroxyl groups is 1. The molecule has 2 aliphatic rings. The third-order valence-corrected chi connectivity index (χ3v) is 5.35. The lowest BCUT2D eigenvalue weighted by Gasteiger charge is -2.27. The summed E-state index contributed by atoms with van der Waals surface area (Å²) in [5.74, 6) is 2.59. The molecule has 1 heterocycles. The van der Waals surface area contributed by atoms with Crippen LogP contribution in [0, 0.1) is 0 Å². The number of phenolic OH excluding ortho intramolecular Hbond substituents is 1. The van der Waals surface area contributed by atoms with Crippen LogP contribution in [-0.2, 0) is 12.8 Å². The first kappa shape index (κ1) is 16.1. The maximum atomic E-state index is 9.77. The van der Waals surface area contributed by atoms with Crippen molar-refractivity contribution in [2.24, 2.45) is 0 Å². The topological polar surface area (TPSA) is 38.7 Å². The fourth-order valence-electron chi connectivity index (χ4n) is 4.11. The van der Waals surface area contributed by atoms with Crippen molar-refractivity contribution < 1.29 is 14.6 Å². The number of allylic oxidation sites excluding steroid dienone is 2. The number of hydrogen-bond acceptors (Lipinski definition) is 3. The van der Waals surface area contributed by atoms with Gasteiger partial charge in [0.25, 0.3) is 0 Å². The molecule has 25 heavy (non-hydrogen) atoms. The summed E-state index contributed by atoms with van der Waals surface area (Å²) in [4.78, 5) is 0. The van der Waals surface area contributed by atoms with Crippen molar-refractivity contribution in [2.45, 2.75) is 45.1 Å². The van der Waals surface area contributed by atoms with E-state index in [9.17, 15) is 5.11 Å². The van der Waals surface area contributed by atoms with Crippen LogP contribution in [0.2, 0.25) is 0 Å². The zero-order valence-corrected chi connectivity index (χ0v) is 15.0. The largest absolute Gasteiger partial charge is 0.508 e. The first-order valence-corrected chi connectivity index (χ1v) is 8.90. The van der Waals surface area contributed by atoms with Gasteiger partial charge in [-0.15, -0.1) is 0 Å². The van der Waals surface area contributed by atoms with Crippen LogP contribution in [0.4, 0.5) is 0 Å². The molecule has 2 atom stereocenters. The van der Waals surface area contributed by atoms with Crippen LogP contribution >= 0.6 is 0 Å². The molecule has 0 saturated heterocycles. The van der Waals surface area contributed by atoms with E-state index in [0.29, 0.717) is 11.7 Å². The fourth-order valence-corrected chi connectivity index (χ4v) is 4.11. The molecule has 2 aromatic rings. The van der Waals surface area contributed by atoms with Crippen LogP contribution in [-0.4, -0.2) is 12.2 Å². The quantitative estimate of drug-likeness (QED) is 0.795. The van der Waals surface area contributed by atoms with E-state index in [1.54, 1.807) is 13.2 Å². The number of hydrogen-bond donors (Lipinski definition) is 1. The van der Waals surface area contributed by atoms with Crippen molar-refractivity contribution >= 4 is 0 Å². The summed E-state index contributed by atoms with van der Waals surface area (Å²) in [5, 5.41) is 9.77. The van der Waals surface area contributed by atoms with Crippen LogP contribution in [0.5, 0.6) is 17.2 Å². The predicted octanol–water partition coefficient (Wildman–Crippen LogP) is 5.07. The fraction of sp³-hybridized carbons (Fsp3) is 0.364. The van der Waals surface area contributed by atoms with Gasteiger partial charge in [-0.05, 0) is 62.4 Å². The summed E-state index contributed by atoms with van der Waals surface area (Å²) in [7, 11) is 1.72. The van der Waals surface area contributed by atoms with Gasteiger partial charge in [-0.1, -0.05) is 23.8 Å². The Morgan fingerprint density at radius 2 is 2.04 bits per heavy atom. The summed E-state index contributed by atoms with van der Waals surface area (Å²) < 4.78 is 12.1. The summed E-state index contributed by atoms with van der Waals surface area (Å²) in [5.41, 5.74) is 6.12. The van der Waals surface area contributed by atoms with Crippen molar-refractivity contribution in [3.63, 3.8) is 0 Å². The van der Waals surface area contributed by atoms with Crippen LogP contribution < -0.4 is 9.47 Å². The molecule has 1 aliphatic heterocycles. The van der Waals surface area contributed by atoms with Crippen molar-refractivity contribution in [1.82, 2.24) is 0 Å². The van der Waals surface area contributed by atoms with Gasteiger partial charge in [0, 0.05) is 17.0 Å². The van der Waals surface area contributed by atoms with E-state index in [0.717, 1.165) is 36.3 Å². The molecule has 3 nitrogen and oxygen atoms in total. The molecular formula is C22H24O3. The number of methoxy groups -OCH3 is 1. The van der Waals surface area contributed by atoms with Crippen molar-refractivity contribution in [2.75, 3.05) is 7.11 Å².